The van der Waals surface area contributed by atoms with Crippen molar-refractivity contribution in [3.05, 3.63) is 0 Å². The predicted octanol–water partition coefficient (Wildman–Crippen LogP) is 1.43. The third kappa shape index (κ3) is 4.54. The number of ether oxygens (including phenoxy) is 4. The maximum absolute atomic E-state index is 13.0. The van der Waals surface area contributed by atoms with E-state index in [1.807, 2.05) is 6.92 Å². The summed E-state index contributed by atoms with van der Waals surface area (Å²) in [6, 6.07) is 0. The number of hydrogen-bond donors (Lipinski definition) is 3. The zero-order chi connectivity index (χ0) is 29.0. The number of fused-ring (bicyclic) bond motifs is 5. The van der Waals surface area contributed by atoms with Gasteiger partial charge in [0.15, 0.2) is 0 Å². The van der Waals surface area contributed by atoms with Gasteiger partial charge in [0, 0.05) is 44.9 Å². The van der Waals surface area contributed by atoms with Crippen molar-refractivity contribution in [2.75, 3.05) is 13.2 Å². The van der Waals surface area contributed by atoms with Crippen LogP contribution in [0, 0.1) is 28.6 Å². The lowest BCUT2D eigenvalue weighted by Gasteiger charge is -2.68. The minimum atomic E-state index is -1.66. The zero-order valence-electron chi connectivity index (χ0n) is 23.4. The van der Waals surface area contributed by atoms with Crippen LogP contribution < -0.4 is 0 Å². The number of hydrogen-bond acceptors (Lipinski definition) is 11. The van der Waals surface area contributed by atoms with Gasteiger partial charge >= 0.3 is 23.9 Å². The fraction of sp³-hybridized carbons (Fsp3) is 0.857. The first kappa shape index (κ1) is 29.7. The Balaban J connectivity index is 1.86. The van der Waals surface area contributed by atoms with E-state index in [-0.39, 0.29) is 45.3 Å². The molecular weight excluding hydrogens is 512 g/mol. The Morgan fingerprint density at radius 1 is 0.897 bits per heavy atom. The summed E-state index contributed by atoms with van der Waals surface area (Å²) in [7, 11) is 0. The van der Waals surface area contributed by atoms with E-state index in [2.05, 4.69) is 0 Å². The van der Waals surface area contributed by atoms with Crippen LogP contribution in [-0.4, -0.2) is 81.9 Å². The van der Waals surface area contributed by atoms with E-state index in [0.29, 0.717) is 12.8 Å². The number of carbonyl (C=O) groups is 4. The normalized spacial score (nSPS) is 44.7. The van der Waals surface area contributed by atoms with E-state index in [4.69, 9.17) is 18.9 Å². The fourth-order valence-corrected chi connectivity index (χ4v) is 8.91. The fourth-order valence-electron chi connectivity index (χ4n) is 8.91. The van der Waals surface area contributed by atoms with Gasteiger partial charge in [0.2, 0.25) is 0 Å². The highest BCUT2D eigenvalue weighted by molar-refractivity contribution is 5.74. The molecule has 0 heterocycles. The summed E-state index contributed by atoms with van der Waals surface area (Å²) >= 11 is 0. The van der Waals surface area contributed by atoms with E-state index in [9.17, 15) is 34.5 Å². The maximum Gasteiger partial charge on any atom is 0.309 e. The number of rotatable bonds is 6. The van der Waals surface area contributed by atoms with Crippen molar-refractivity contribution >= 4 is 23.9 Å². The molecular formula is C28H42O11. The molecule has 11 heteroatoms. The Bertz CT molecular complexity index is 1010. The average Bonchev–Trinajstić information content (AvgIpc) is 3.08. The number of carbonyl (C=O) groups excluding carboxylic acids is 4. The lowest BCUT2D eigenvalue weighted by Crippen LogP contribution is -2.76. The molecule has 4 rings (SSSR count). The number of aliphatic hydroxyl groups excluding tert-OH is 1. The van der Waals surface area contributed by atoms with Gasteiger partial charge in [0.05, 0.1) is 35.2 Å². The highest BCUT2D eigenvalue weighted by Crippen LogP contribution is 2.70. The third-order valence-corrected chi connectivity index (χ3v) is 10.4. The first-order valence-corrected chi connectivity index (χ1v) is 13.9. The van der Waals surface area contributed by atoms with Crippen LogP contribution in [0.1, 0.15) is 79.6 Å². The molecule has 4 fully saturated rings. The molecule has 0 amide bonds. The van der Waals surface area contributed by atoms with E-state index < -0.39 is 82.0 Å². The van der Waals surface area contributed by atoms with Crippen LogP contribution in [0.25, 0.3) is 0 Å². The Morgan fingerprint density at radius 3 is 2.15 bits per heavy atom. The van der Waals surface area contributed by atoms with Crippen LogP contribution in [0.15, 0.2) is 0 Å². The summed E-state index contributed by atoms with van der Waals surface area (Å²) in [5, 5.41) is 36.5. The lowest BCUT2D eigenvalue weighted by molar-refractivity contribution is -0.319. The topological polar surface area (TPSA) is 166 Å². The SMILES string of the molecule is CCOC(=O)[C@H]1CC[C@@]2(O)[C@@H]3CC[C@@]4(O)C[C@@H](OC(C)=O)C[C@@H](O)[C@]4(COC(C)=O)[C@H]3[C@H](OC(C)=O)C[C@]12C. The molecule has 4 saturated carbocycles. The second-order valence-electron chi connectivity index (χ2n) is 12.2. The predicted molar refractivity (Wildman–Crippen MR) is 134 cm³/mol. The average molecular weight is 555 g/mol. The second kappa shape index (κ2) is 10.3. The Hall–Kier alpha value is -2.24. The first-order valence-electron chi connectivity index (χ1n) is 13.9. The van der Waals surface area contributed by atoms with Crippen molar-refractivity contribution in [3.63, 3.8) is 0 Å². The summed E-state index contributed by atoms with van der Waals surface area (Å²) in [6.07, 6.45) is -1.88. The van der Waals surface area contributed by atoms with E-state index in [1.54, 1.807) is 6.92 Å². The molecule has 0 bridgehead atoms. The summed E-state index contributed by atoms with van der Waals surface area (Å²) in [5.74, 6) is -4.21. The van der Waals surface area contributed by atoms with Crippen LogP contribution in [-0.2, 0) is 38.1 Å². The van der Waals surface area contributed by atoms with Gasteiger partial charge in [-0.05, 0) is 44.9 Å². The Morgan fingerprint density at radius 2 is 1.56 bits per heavy atom. The van der Waals surface area contributed by atoms with Crippen LogP contribution in [0.4, 0.5) is 0 Å². The molecule has 4 aliphatic rings. The van der Waals surface area contributed by atoms with Crippen molar-refractivity contribution in [1.29, 1.82) is 0 Å². The maximum atomic E-state index is 13.0. The number of aliphatic hydroxyl groups is 3. The number of esters is 4. The molecule has 0 unspecified atom stereocenters. The van der Waals surface area contributed by atoms with Gasteiger partial charge in [0.25, 0.3) is 0 Å². The monoisotopic (exact) mass is 554 g/mol. The zero-order valence-corrected chi connectivity index (χ0v) is 23.4. The Kier molecular flexibility index (Phi) is 7.86. The molecule has 4 aliphatic carbocycles. The van der Waals surface area contributed by atoms with Gasteiger partial charge in [-0.2, -0.15) is 0 Å². The van der Waals surface area contributed by atoms with E-state index >= 15 is 0 Å². The van der Waals surface area contributed by atoms with Gasteiger partial charge in [-0.15, -0.1) is 0 Å². The standard InChI is InChI=1S/C28H42O11/c1-6-36-24(33)20-8-10-28(35)19-7-9-26(34)12-18(38-16(3)30)11-22(32)27(26,14-37-15(2)29)23(19)21(39-17(4)31)13-25(20,28)5/h18-23,32,34-35H,6-14H2,1-5H3/t18-,19+,20+,21+,22+,23+,25+,26+,27+,28+/m0/s1. The minimum Gasteiger partial charge on any atom is -0.466 e. The van der Waals surface area contributed by atoms with Gasteiger partial charge < -0.3 is 34.3 Å². The molecule has 0 saturated heterocycles. The van der Waals surface area contributed by atoms with E-state index in [1.165, 1.54) is 20.8 Å². The van der Waals surface area contributed by atoms with Gasteiger partial charge in [-0.25, -0.2) is 0 Å². The Labute approximate surface area is 228 Å². The van der Waals surface area contributed by atoms with Crippen LogP contribution in [0.3, 0.4) is 0 Å². The van der Waals surface area contributed by atoms with Gasteiger partial charge in [-0.1, -0.05) is 6.92 Å². The van der Waals surface area contributed by atoms with Crippen molar-refractivity contribution in [1.82, 2.24) is 0 Å². The molecule has 0 aromatic heterocycles. The summed E-state index contributed by atoms with van der Waals surface area (Å²) in [5.41, 5.74) is -5.60. The van der Waals surface area contributed by atoms with Crippen LogP contribution >= 0.6 is 0 Å². The summed E-state index contributed by atoms with van der Waals surface area (Å²) in [6.45, 7) is 7.09. The van der Waals surface area contributed by atoms with Crippen LogP contribution in [0.2, 0.25) is 0 Å². The molecule has 10 atom stereocenters. The van der Waals surface area contributed by atoms with Crippen molar-refractivity contribution < 1.29 is 53.4 Å². The molecule has 0 spiro atoms. The molecule has 39 heavy (non-hydrogen) atoms. The highest BCUT2D eigenvalue weighted by Gasteiger charge is 2.77. The molecule has 220 valence electrons. The first-order chi connectivity index (χ1) is 18.1. The molecule has 11 nitrogen and oxygen atoms in total. The second-order valence-corrected chi connectivity index (χ2v) is 12.2. The smallest absolute Gasteiger partial charge is 0.309 e. The molecule has 0 aliphatic heterocycles. The molecule has 0 aromatic rings. The molecule has 0 aromatic carbocycles. The lowest BCUT2D eigenvalue weighted by atomic mass is 9.40. The molecule has 0 radical (unpaired) electrons. The van der Waals surface area contributed by atoms with Crippen molar-refractivity contribution in [2.45, 2.75) is 109 Å². The summed E-state index contributed by atoms with van der Waals surface area (Å²) in [4.78, 5) is 49.2. The van der Waals surface area contributed by atoms with Crippen molar-refractivity contribution in [3.8, 4) is 0 Å². The minimum absolute atomic E-state index is 0.0118. The third-order valence-electron chi connectivity index (χ3n) is 10.4. The van der Waals surface area contributed by atoms with Gasteiger partial charge in [-0.3, -0.25) is 19.2 Å². The van der Waals surface area contributed by atoms with Gasteiger partial charge in [0.1, 0.15) is 18.8 Å². The quantitative estimate of drug-likeness (QED) is 0.321. The summed E-state index contributed by atoms with van der Waals surface area (Å²) < 4.78 is 22.1. The molecule has 3 N–H and O–H groups in total. The van der Waals surface area contributed by atoms with Crippen LogP contribution in [0.5, 0.6) is 0 Å². The van der Waals surface area contributed by atoms with E-state index in [0.717, 1.165) is 0 Å². The highest BCUT2D eigenvalue weighted by atomic mass is 16.6. The largest absolute Gasteiger partial charge is 0.466 e. The van der Waals surface area contributed by atoms with Crippen molar-refractivity contribution in [2.24, 2.45) is 28.6 Å².